The Labute approximate surface area is 85.6 Å². The summed E-state index contributed by atoms with van der Waals surface area (Å²) in [4.78, 5) is 11.6. The summed E-state index contributed by atoms with van der Waals surface area (Å²) < 4.78 is 0. The molecule has 0 bridgehead atoms. The van der Waals surface area contributed by atoms with Crippen LogP contribution in [0.3, 0.4) is 0 Å². The maximum Gasteiger partial charge on any atom is 0.223 e. The zero-order valence-corrected chi connectivity index (χ0v) is 8.72. The quantitative estimate of drug-likeness (QED) is 0.539. The Kier molecular flexibility index (Phi) is 5.56. The summed E-state index contributed by atoms with van der Waals surface area (Å²) in [7, 11) is 0. The van der Waals surface area contributed by atoms with Crippen LogP contribution in [0.2, 0.25) is 0 Å². The molecule has 1 fully saturated rings. The highest BCUT2D eigenvalue weighted by molar-refractivity contribution is 5.78. The van der Waals surface area contributed by atoms with Gasteiger partial charge in [0, 0.05) is 12.5 Å². The van der Waals surface area contributed by atoms with Crippen LogP contribution >= 0.6 is 0 Å². The van der Waals surface area contributed by atoms with E-state index in [1.165, 1.54) is 0 Å². The van der Waals surface area contributed by atoms with E-state index in [2.05, 4.69) is 10.6 Å². The Morgan fingerprint density at radius 1 is 1.36 bits per heavy atom. The normalized spacial score (nSPS) is 18.1. The first-order valence-electron chi connectivity index (χ1n) is 5.53. The molecule has 1 aliphatic rings. The van der Waals surface area contributed by atoms with Crippen LogP contribution in [0.25, 0.3) is 0 Å². The van der Waals surface area contributed by atoms with Crippen molar-refractivity contribution in [3.05, 3.63) is 0 Å². The van der Waals surface area contributed by atoms with Crippen molar-refractivity contribution >= 4 is 5.91 Å². The smallest absolute Gasteiger partial charge is 0.223 e. The summed E-state index contributed by atoms with van der Waals surface area (Å²) in [6, 6.07) is 0. The molecule has 1 saturated heterocycles. The van der Waals surface area contributed by atoms with Gasteiger partial charge in [0.2, 0.25) is 5.91 Å². The van der Waals surface area contributed by atoms with Crippen LogP contribution in [-0.2, 0) is 4.79 Å². The third kappa shape index (κ3) is 4.07. The van der Waals surface area contributed by atoms with Crippen molar-refractivity contribution in [2.45, 2.75) is 25.7 Å². The van der Waals surface area contributed by atoms with E-state index in [1.807, 2.05) is 0 Å². The molecule has 0 radical (unpaired) electrons. The number of carbonyl (C=O) groups is 1. The van der Waals surface area contributed by atoms with Crippen LogP contribution < -0.4 is 16.4 Å². The molecule has 0 aromatic heterocycles. The molecule has 82 valence electrons. The largest absolute Gasteiger partial charge is 0.356 e. The van der Waals surface area contributed by atoms with Crippen molar-refractivity contribution in [3.63, 3.8) is 0 Å². The van der Waals surface area contributed by atoms with Crippen LogP contribution in [0, 0.1) is 5.92 Å². The lowest BCUT2D eigenvalue weighted by Gasteiger charge is -2.21. The molecule has 0 aliphatic carbocycles. The maximum atomic E-state index is 11.6. The van der Waals surface area contributed by atoms with Gasteiger partial charge in [-0.25, -0.2) is 0 Å². The first kappa shape index (κ1) is 11.5. The highest BCUT2D eigenvalue weighted by atomic mass is 16.1. The number of rotatable bonds is 5. The van der Waals surface area contributed by atoms with Gasteiger partial charge in [0.1, 0.15) is 0 Å². The van der Waals surface area contributed by atoms with Crippen LogP contribution in [0.15, 0.2) is 0 Å². The van der Waals surface area contributed by atoms with E-state index in [-0.39, 0.29) is 11.8 Å². The van der Waals surface area contributed by atoms with E-state index < -0.39 is 0 Å². The lowest BCUT2D eigenvalue weighted by molar-refractivity contribution is -0.125. The van der Waals surface area contributed by atoms with E-state index in [0.29, 0.717) is 6.54 Å². The number of hydrogen-bond acceptors (Lipinski definition) is 3. The van der Waals surface area contributed by atoms with Crippen molar-refractivity contribution in [2.75, 3.05) is 26.2 Å². The van der Waals surface area contributed by atoms with Gasteiger partial charge in [-0.3, -0.25) is 4.79 Å². The maximum absolute atomic E-state index is 11.6. The fraction of sp³-hybridized carbons (Fsp3) is 0.900. The molecule has 1 amide bonds. The van der Waals surface area contributed by atoms with Gasteiger partial charge in [-0.2, -0.15) is 0 Å². The molecule has 0 atom stereocenters. The number of amides is 1. The van der Waals surface area contributed by atoms with Crippen LogP contribution in [0.1, 0.15) is 25.7 Å². The monoisotopic (exact) mass is 199 g/mol. The van der Waals surface area contributed by atoms with Gasteiger partial charge in [0.05, 0.1) is 0 Å². The highest BCUT2D eigenvalue weighted by Gasteiger charge is 2.19. The van der Waals surface area contributed by atoms with E-state index in [9.17, 15) is 4.79 Å². The van der Waals surface area contributed by atoms with Gasteiger partial charge in [0.15, 0.2) is 0 Å². The minimum Gasteiger partial charge on any atom is -0.356 e. The topological polar surface area (TPSA) is 67.1 Å². The molecule has 1 heterocycles. The Hall–Kier alpha value is -0.610. The Morgan fingerprint density at radius 3 is 2.71 bits per heavy atom. The van der Waals surface area contributed by atoms with Gasteiger partial charge in [0.25, 0.3) is 0 Å². The number of nitrogens with one attached hydrogen (secondary N) is 2. The molecule has 4 N–H and O–H groups in total. The van der Waals surface area contributed by atoms with Crippen LogP contribution in [0.4, 0.5) is 0 Å². The van der Waals surface area contributed by atoms with E-state index in [0.717, 1.165) is 45.3 Å². The van der Waals surface area contributed by atoms with Gasteiger partial charge in [-0.1, -0.05) is 0 Å². The summed E-state index contributed by atoms with van der Waals surface area (Å²) in [5.74, 6) is 0.456. The summed E-state index contributed by atoms with van der Waals surface area (Å²) in [5.41, 5.74) is 5.37. The standard InChI is InChI=1S/C10H21N3O/c11-5-1-2-6-13-10(14)9-3-7-12-8-4-9/h9,12H,1-8,11H2,(H,13,14). The fourth-order valence-corrected chi connectivity index (χ4v) is 1.71. The van der Waals surface area contributed by atoms with Crippen LogP contribution in [-0.4, -0.2) is 32.1 Å². The molecule has 4 heteroatoms. The SMILES string of the molecule is NCCCCNC(=O)C1CCNCC1. The van der Waals surface area contributed by atoms with Gasteiger partial charge >= 0.3 is 0 Å². The first-order chi connectivity index (χ1) is 6.84. The average Bonchev–Trinajstić information content (AvgIpc) is 2.25. The van der Waals surface area contributed by atoms with Crippen molar-refractivity contribution in [1.82, 2.24) is 10.6 Å². The van der Waals surface area contributed by atoms with E-state index in [4.69, 9.17) is 5.73 Å². The lowest BCUT2D eigenvalue weighted by atomic mass is 9.97. The Morgan fingerprint density at radius 2 is 2.07 bits per heavy atom. The van der Waals surface area contributed by atoms with Crippen molar-refractivity contribution < 1.29 is 4.79 Å². The molecule has 4 nitrogen and oxygen atoms in total. The second-order valence-electron chi connectivity index (χ2n) is 3.81. The molecular formula is C10H21N3O. The van der Waals surface area contributed by atoms with E-state index in [1.54, 1.807) is 0 Å². The molecule has 0 aromatic rings. The zero-order chi connectivity index (χ0) is 10.2. The number of nitrogens with two attached hydrogens (primary N) is 1. The third-order valence-corrected chi connectivity index (χ3v) is 2.64. The predicted octanol–water partition coefficient (Wildman–Crippen LogP) is -0.159. The third-order valence-electron chi connectivity index (χ3n) is 2.64. The summed E-state index contributed by atoms with van der Waals surface area (Å²) in [6.45, 7) is 3.44. The second kappa shape index (κ2) is 6.79. The molecule has 1 rings (SSSR count). The number of unbranched alkanes of at least 4 members (excludes halogenated alkanes) is 1. The van der Waals surface area contributed by atoms with E-state index >= 15 is 0 Å². The minimum atomic E-state index is 0.225. The second-order valence-corrected chi connectivity index (χ2v) is 3.81. The molecule has 0 spiro atoms. The minimum absolute atomic E-state index is 0.225. The molecule has 14 heavy (non-hydrogen) atoms. The number of hydrogen-bond donors (Lipinski definition) is 3. The highest BCUT2D eigenvalue weighted by Crippen LogP contribution is 2.11. The van der Waals surface area contributed by atoms with Gasteiger partial charge in [-0.15, -0.1) is 0 Å². The molecule has 0 saturated carbocycles. The molecule has 1 aliphatic heterocycles. The zero-order valence-electron chi connectivity index (χ0n) is 8.72. The number of piperidine rings is 1. The van der Waals surface area contributed by atoms with Gasteiger partial charge in [-0.05, 0) is 45.3 Å². The van der Waals surface area contributed by atoms with Crippen LogP contribution in [0.5, 0.6) is 0 Å². The Bertz CT molecular complexity index is 167. The first-order valence-corrected chi connectivity index (χ1v) is 5.53. The lowest BCUT2D eigenvalue weighted by Crippen LogP contribution is -2.38. The fourth-order valence-electron chi connectivity index (χ4n) is 1.71. The molecule has 0 unspecified atom stereocenters. The molecular weight excluding hydrogens is 178 g/mol. The van der Waals surface area contributed by atoms with Crippen molar-refractivity contribution in [3.8, 4) is 0 Å². The number of carbonyl (C=O) groups excluding carboxylic acids is 1. The predicted molar refractivity (Wildman–Crippen MR) is 56.9 cm³/mol. The summed E-state index contributed by atoms with van der Waals surface area (Å²) >= 11 is 0. The van der Waals surface area contributed by atoms with Gasteiger partial charge < -0.3 is 16.4 Å². The molecule has 0 aromatic carbocycles. The van der Waals surface area contributed by atoms with Crippen molar-refractivity contribution in [1.29, 1.82) is 0 Å². The summed E-state index contributed by atoms with van der Waals surface area (Å²) in [6.07, 6.45) is 3.94. The van der Waals surface area contributed by atoms with Crippen molar-refractivity contribution in [2.24, 2.45) is 11.7 Å². The summed E-state index contributed by atoms with van der Waals surface area (Å²) in [5, 5.41) is 6.21. The Balaban J connectivity index is 2.07. The average molecular weight is 199 g/mol.